The van der Waals surface area contributed by atoms with E-state index in [9.17, 15) is 14.9 Å². The third-order valence-electron chi connectivity index (χ3n) is 3.00. The Bertz CT molecular complexity index is 585. The molecule has 2 rings (SSSR count). The first-order valence-electron chi connectivity index (χ1n) is 6.68. The van der Waals surface area contributed by atoms with E-state index in [1.807, 2.05) is 0 Å². The van der Waals surface area contributed by atoms with Crippen LogP contribution in [-0.2, 0) is 14.3 Å². The van der Waals surface area contributed by atoms with Gasteiger partial charge in [-0.15, -0.1) is 0 Å². The van der Waals surface area contributed by atoms with Crippen molar-refractivity contribution >= 4 is 11.7 Å². The van der Waals surface area contributed by atoms with Crippen molar-refractivity contribution in [1.29, 1.82) is 0 Å². The van der Waals surface area contributed by atoms with Crippen LogP contribution in [0.5, 0.6) is 11.5 Å². The molecule has 1 aliphatic heterocycles. The van der Waals surface area contributed by atoms with Crippen LogP contribution in [0.15, 0.2) is 18.2 Å². The maximum atomic E-state index is 11.6. The summed E-state index contributed by atoms with van der Waals surface area (Å²) in [5, 5.41) is 10.8. The Kier molecular flexibility index (Phi) is 4.51. The minimum absolute atomic E-state index is 0.132. The largest absolute Gasteiger partial charge is 0.496 e. The van der Waals surface area contributed by atoms with Gasteiger partial charge < -0.3 is 18.9 Å². The first-order valence-corrected chi connectivity index (χ1v) is 6.68. The minimum atomic E-state index is -0.934. The zero-order chi connectivity index (χ0) is 16.3. The molecule has 0 aromatic heterocycles. The first kappa shape index (κ1) is 16.0. The third kappa shape index (κ3) is 3.85. The molecular weight excluding hydrogens is 294 g/mol. The second kappa shape index (κ2) is 6.18. The summed E-state index contributed by atoms with van der Waals surface area (Å²) in [5.41, 5.74) is -0.132. The molecule has 8 heteroatoms. The molecule has 0 N–H and O–H groups in total. The fourth-order valence-electron chi connectivity index (χ4n) is 2.05. The molecule has 1 heterocycles. The van der Waals surface area contributed by atoms with E-state index in [0.29, 0.717) is 5.75 Å². The van der Waals surface area contributed by atoms with Crippen molar-refractivity contribution in [2.45, 2.75) is 32.2 Å². The number of hydrogen-bond donors (Lipinski definition) is 0. The fourth-order valence-corrected chi connectivity index (χ4v) is 2.05. The lowest BCUT2D eigenvalue weighted by Gasteiger charge is -2.15. The zero-order valence-electron chi connectivity index (χ0n) is 12.5. The van der Waals surface area contributed by atoms with E-state index in [1.54, 1.807) is 13.8 Å². The Morgan fingerprint density at radius 3 is 2.55 bits per heavy atom. The predicted octanol–water partition coefficient (Wildman–Crippen LogP) is 2.05. The van der Waals surface area contributed by atoms with Gasteiger partial charge in [0, 0.05) is 26.3 Å². The number of carbonyl (C=O) groups excluding carboxylic acids is 1. The van der Waals surface area contributed by atoms with Crippen LogP contribution in [0.25, 0.3) is 0 Å². The number of rotatable bonds is 6. The summed E-state index contributed by atoms with van der Waals surface area (Å²) < 4.78 is 20.9. The molecule has 0 spiro atoms. The Labute approximate surface area is 127 Å². The van der Waals surface area contributed by atoms with Gasteiger partial charge in [0.05, 0.1) is 30.8 Å². The van der Waals surface area contributed by atoms with Crippen molar-refractivity contribution in [3.63, 3.8) is 0 Å². The predicted molar refractivity (Wildman–Crippen MR) is 74.8 cm³/mol. The molecule has 0 aliphatic carbocycles. The molecule has 0 radical (unpaired) electrons. The maximum Gasteiger partial charge on any atom is 0.338 e. The van der Waals surface area contributed by atoms with Gasteiger partial charge in [0.25, 0.3) is 5.69 Å². The Balaban J connectivity index is 1.96. The summed E-state index contributed by atoms with van der Waals surface area (Å²) in [6, 6.07) is 4.12. The molecule has 1 aromatic carbocycles. The summed E-state index contributed by atoms with van der Waals surface area (Å²) in [6.45, 7) is 3.45. The van der Waals surface area contributed by atoms with Crippen LogP contribution >= 0.6 is 0 Å². The number of nitrogens with zero attached hydrogens (tertiary/aromatic N) is 1. The van der Waals surface area contributed by atoms with Gasteiger partial charge in [-0.25, -0.2) is 4.79 Å². The van der Waals surface area contributed by atoms with Crippen LogP contribution in [0.2, 0.25) is 0 Å². The Hall–Kier alpha value is -2.35. The first-order chi connectivity index (χ1) is 10.3. The average molecular weight is 311 g/mol. The number of methoxy groups -OCH3 is 1. The Morgan fingerprint density at radius 1 is 1.32 bits per heavy atom. The molecule has 0 bridgehead atoms. The van der Waals surface area contributed by atoms with Gasteiger partial charge in [0.15, 0.2) is 6.10 Å². The standard InChI is InChI=1S/C14H17NO7/c1-14(2)21-12(13(16)22-14)4-5-20-11-7-9(15(17)18)6-10(8-11)19-3/h6-8,12H,4-5H2,1-3H3/t12-/m0/s1. The molecule has 0 saturated carbocycles. The minimum Gasteiger partial charge on any atom is -0.496 e. The molecule has 22 heavy (non-hydrogen) atoms. The Morgan fingerprint density at radius 2 is 2.00 bits per heavy atom. The molecule has 8 nitrogen and oxygen atoms in total. The lowest BCUT2D eigenvalue weighted by Crippen LogP contribution is -2.22. The molecule has 1 aromatic rings. The van der Waals surface area contributed by atoms with Gasteiger partial charge in [0.2, 0.25) is 5.79 Å². The number of nitro groups is 1. The quantitative estimate of drug-likeness (QED) is 0.450. The number of benzene rings is 1. The number of ether oxygens (including phenoxy) is 4. The molecule has 1 aliphatic rings. The number of nitro benzene ring substituents is 1. The summed E-state index contributed by atoms with van der Waals surface area (Å²) in [6.07, 6.45) is -0.414. The SMILES string of the molecule is COc1cc(OCC[C@@H]2OC(C)(C)OC2=O)cc([N+](=O)[O-])c1. The highest BCUT2D eigenvalue weighted by Crippen LogP contribution is 2.28. The van der Waals surface area contributed by atoms with E-state index in [1.165, 1.54) is 25.3 Å². The van der Waals surface area contributed by atoms with Crippen LogP contribution in [0.3, 0.4) is 0 Å². The second-order valence-corrected chi connectivity index (χ2v) is 5.19. The number of hydrogen-bond acceptors (Lipinski definition) is 7. The lowest BCUT2D eigenvalue weighted by molar-refractivity contribution is -0.385. The molecule has 120 valence electrons. The van der Waals surface area contributed by atoms with E-state index in [-0.39, 0.29) is 24.5 Å². The smallest absolute Gasteiger partial charge is 0.338 e. The maximum absolute atomic E-state index is 11.6. The van der Waals surface area contributed by atoms with Crippen LogP contribution in [-0.4, -0.2) is 36.5 Å². The highest BCUT2D eigenvalue weighted by Gasteiger charge is 2.40. The summed E-state index contributed by atoms with van der Waals surface area (Å²) in [4.78, 5) is 21.9. The van der Waals surface area contributed by atoms with Crippen molar-refractivity contribution in [3.8, 4) is 11.5 Å². The number of cyclic esters (lactones) is 1. The fraction of sp³-hybridized carbons (Fsp3) is 0.500. The van der Waals surface area contributed by atoms with Gasteiger partial charge in [-0.2, -0.15) is 0 Å². The van der Waals surface area contributed by atoms with Crippen LogP contribution in [0.1, 0.15) is 20.3 Å². The normalized spacial score (nSPS) is 19.6. The van der Waals surface area contributed by atoms with Gasteiger partial charge in [-0.05, 0) is 0 Å². The van der Waals surface area contributed by atoms with Gasteiger partial charge >= 0.3 is 5.97 Å². The van der Waals surface area contributed by atoms with Crippen LogP contribution < -0.4 is 9.47 Å². The third-order valence-corrected chi connectivity index (χ3v) is 3.00. The second-order valence-electron chi connectivity index (χ2n) is 5.19. The monoisotopic (exact) mass is 311 g/mol. The summed E-state index contributed by atoms with van der Waals surface area (Å²) in [7, 11) is 1.41. The van der Waals surface area contributed by atoms with Crippen LogP contribution in [0, 0.1) is 10.1 Å². The van der Waals surface area contributed by atoms with E-state index in [4.69, 9.17) is 18.9 Å². The highest BCUT2D eigenvalue weighted by atomic mass is 16.8. The average Bonchev–Trinajstić information content (AvgIpc) is 2.71. The van der Waals surface area contributed by atoms with E-state index in [2.05, 4.69) is 0 Å². The van der Waals surface area contributed by atoms with E-state index < -0.39 is 22.8 Å². The van der Waals surface area contributed by atoms with Gasteiger partial charge in [0.1, 0.15) is 11.5 Å². The molecule has 1 atom stereocenters. The van der Waals surface area contributed by atoms with Crippen molar-refractivity contribution in [3.05, 3.63) is 28.3 Å². The highest BCUT2D eigenvalue weighted by molar-refractivity contribution is 5.76. The lowest BCUT2D eigenvalue weighted by atomic mass is 10.2. The van der Waals surface area contributed by atoms with E-state index >= 15 is 0 Å². The number of non-ortho nitro benzene ring substituents is 1. The van der Waals surface area contributed by atoms with Crippen LogP contribution in [0.4, 0.5) is 5.69 Å². The molecule has 1 fully saturated rings. The van der Waals surface area contributed by atoms with Crippen molar-refractivity contribution in [2.24, 2.45) is 0 Å². The topological polar surface area (TPSA) is 97.1 Å². The molecule has 0 amide bonds. The van der Waals surface area contributed by atoms with Gasteiger partial charge in [-0.3, -0.25) is 10.1 Å². The number of esters is 1. The molecular formula is C14H17NO7. The van der Waals surface area contributed by atoms with Crippen molar-refractivity contribution in [2.75, 3.05) is 13.7 Å². The zero-order valence-corrected chi connectivity index (χ0v) is 12.5. The number of carbonyl (C=O) groups is 1. The van der Waals surface area contributed by atoms with E-state index in [0.717, 1.165) is 0 Å². The van der Waals surface area contributed by atoms with Gasteiger partial charge in [-0.1, -0.05) is 0 Å². The molecule has 1 saturated heterocycles. The molecule has 0 unspecified atom stereocenters. The van der Waals surface area contributed by atoms with Crippen molar-refractivity contribution in [1.82, 2.24) is 0 Å². The van der Waals surface area contributed by atoms with Crippen molar-refractivity contribution < 1.29 is 28.7 Å². The summed E-state index contributed by atoms with van der Waals surface area (Å²) >= 11 is 0. The summed E-state index contributed by atoms with van der Waals surface area (Å²) in [5.74, 6) is -0.764.